The molecule has 0 saturated carbocycles. The Balaban J connectivity index is 2.74. The van der Waals surface area contributed by atoms with E-state index in [9.17, 15) is 28.2 Å². The molecule has 100 valence electrons. The van der Waals surface area contributed by atoms with Crippen molar-refractivity contribution in [2.24, 2.45) is 0 Å². The van der Waals surface area contributed by atoms with Gasteiger partial charge in [-0.1, -0.05) is 0 Å². The quantitative estimate of drug-likeness (QED) is 0.613. The Labute approximate surface area is 95.6 Å². The van der Waals surface area contributed by atoms with E-state index in [2.05, 4.69) is 0 Å². The Morgan fingerprint density at radius 2 is 1.94 bits per heavy atom. The summed E-state index contributed by atoms with van der Waals surface area (Å²) in [6.45, 7) is 2.82. The van der Waals surface area contributed by atoms with Gasteiger partial charge in [0, 0.05) is 6.42 Å². The predicted octanol–water partition coefficient (Wildman–Crippen LogP) is -0.0883. The van der Waals surface area contributed by atoms with Crippen LogP contribution in [0, 0.1) is 0 Å². The number of aliphatic hydroxyl groups is 2. The molecule has 1 aliphatic heterocycles. The van der Waals surface area contributed by atoms with Crippen LogP contribution in [-0.2, 0) is 9.53 Å². The molecule has 0 aromatic rings. The highest BCUT2D eigenvalue weighted by Crippen LogP contribution is 2.28. The Morgan fingerprint density at radius 1 is 1.41 bits per heavy atom. The number of rotatable bonds is 1. The van der Waals surface area contributed by atoms with Crippen LogP contribution >= 0.6 is 0 Å². The van der Waals surface area contributed by atoms with Crippen LogP contribution in [0.4, 0.5) is 13.2 Å². The number of amides is 1. The third-order valence-corrected chi connectivity index (χ3v) is 2.56. The number of aliphatic hydroxyl groups excluding tert-OH is 2. The van der Waals surface area contributed by atoms with Crippen LogP contribution in [0.2, 0.25) is 0 Å². The lowest BCUT2D eigenvalue weighted by Crippen LogP contribution is -2.61. The van der Waals surface area contributed by atoms with Crippen molar-refractivity contribution >= 4 is 5.91 Å². The van der Waals surface area contributed by atoms with Gasteiger partial charge in [-0.05, 0) is 13.8 Å². The van der Waals surface area contributed by atoms with Crippen molar-refractivity contribution < 1.29 is 32.9 Å². The lowest BCUT2D eigenvalue weighted by Gasteiger charge is -2.43. The van der Waals surface area contributed by atoms with Crippen molar-refractivity contribution in [3.63, 3.8) is 0 Å². The molecule has 5 nitrogen and oxygen atoms in total. The SMILES string of the molecule is CC1(C)O[C@H](O)C[C@H](NC(=O)C(F)(F)F)[C@H]1O. The number of halogens is 3. The summed E-state index contributed by atoms with van der Waals surface area (Å²) in [5.41, 5.74) is -1.23. The second-order valence-electron chi connectivity index (χ2n) is 4.43. The third kappa shape index (κ3) is 3.30. The zero-order valence-corrected chi connectivity index (χ0v) is 9.28. The average molecular weight is 257 g/mol. The van der Waals surface area contributed by atoms with Gasteiger partial charge in [0.15, 0.2) is 6.29 Å². The van der Waals surface area contributed by atoms with Gasteiger partial charge >= 0.3 is 12.1 Å². The average Bonchev–Trinajstić information content (AvgIpc) is 2.10. The molecule has 0 spiro atoms. The number of carbonyl (C=O) groups is 1. The number of hydrogen-bond acceptors (Lipinski definition) is 4. The largest absolute Gasteiger partial charge is 0.471 e. The first-order valence-electron chi connectivity index (χ1n) is 4.95. The van der Waals surface area contributed by atoms with Crippen LogP contribution in [0.1, 0.15) is 20.3 Å². The maximum absolute atomic E-state index is 12.0. The molecule has 0 bridgehead atoms. The van der Waals surface area contributed by atoms with E-state index in [-0.39, 0.29) is 6.42 Å². The molecule has 0 unspecified atom stereocenters. The fourth-order valence-electron chi connectivity index (χ4n) is 1.69. The van der Waals surface area contributed by atoms with E-state index in [1.807, 2.05) is 0 Å². The van der Waals surface area contributed by atoms with E-state index in [1.54, 1.807) is 5.32 Å². The highest BCUT2D eigenvalue weighted by Gasteiger charge is 2.47. The molecule has 0 aliphatic carbocycles. The molecule has 17 heavy (non-hydrogen) atoms. The van der Waals surface area contributed by atoms with Gasteiger partial charge in [0.25, 0.3) is 0 Å². The molecule has 3 N–H and O–H groups in total. The summed E-state index contributed by atoms with van der Waals surface area (Å²) in [5, 5.41) is 20.6. The van der Waals surface area contributed by atoms with Crippen LogP contribution < -0.4 is 5.32 Å². The van der Waals surface area contributed by atoms with Crippen LogP contribution in [0.25, 0.3) is 0 Å². The van der Waals surface area contributed by atoms with Gasteiger partial charge in [-0.25, -0.2) is 0 Å². The second kappa shape index (κ2) is 4.43. The first kappa shape index (κ1) is 14.2. The highest BCUT2D eigenvalue weighted by molar-refractivity contribution is 5.82. The van der Waals surface area contributed by atoms with E-state index in [1.165, 1.54) is 13.8 Å². The molecule has 0 aromatic heterocycles. The minimum Gasteiger partial charge on any atom is -0.388 e. The minimum absolute atomic E-state index is 0.299. The topological polar surface area (TPSA) is 78.8 Å². The Morgan fingerprint density at radius 3 is 2.41 bits per heavy atom. The summed E-state index contributed by atoms with van der Waals surface area (Å²) >= 11 is 0. The maximum Gasteiger partial charge on any atom is 0.471 e. The minimum atomic E-state index is -5.02. The monoisotopic (exact) mass is 257 g/mol. The van der Waals surface area contributed by atoms with Crippen molar-refractivity contribution in [2.75, 3.05) is 0 Å². The molecule has 3 atom stereocenters. The number of alkyl halides is 3. The van der Waals surface area contributed by atoms with Gasteiger partial charge < -0.3 is 20.3 Å². The molecule has 1 fully saturated rings. The summed E-state index contributed by atoms with van der Waals surface area (Å²) in [6, 6.07) is -1.21. The zero-order chi connectivity index (χ0) is 13.4. The fraction of sp³-hybridized carbons (Fsp3) is 0.889. The van der Waals surface area contributed by atoms with Gasteiger partial charge in [-0.15, -0.1) is 0 Å². The predicted molar refractivity (Wildman–Crippen MR) is 49.8 cm³/mol. The Bertz CT molecular complexity index is 305. The summed E-state index contributed by atoms with van der Waals surface area (Å²) in [5.74, 6) is -2.15. The van der Waals surface area contributed by atoms with Crippen molar-refractivity contribution in [2.45, 2.75) is 50.5 Å². The summed E-state index contributed by atoms with van der Waals surface area (Å²) in [4.78, 5) is 10.7. The summed E-state index contributed by atoms with van der Waals surface area (Å²) < 4.78 is 41.1. The first-order chi connectivity index (χ1) is 7.54. The van der Waals surface area contributed by atoms with E-state index < -0.39 is 36.1 Å². The number of nitrogens with one attached hydrogen (secondary N) is 1. The smallest absolute Gasteiger partial charge is 0.388 e. The van der Waals surface area contributed by atoms with Crippen LogP contribution in [0.15, 0.2) is 0 Å². The van der Waals surface area contributed by atoms with Gasteiger partial charge in [-0.2, -0.15) is 13.2 Å². The number of hydrogen-bond donors (Lipinski definition) is 3. The van der Waals surface area contributed by atoms with Gasteiger partial charge in [-0.3, -0.25) is 4.79 Å². The molecule has 1 heterocycles. The van der Waals surface area contributed by atoms with E-state index in [4.69, 9.17) is 4.74 Å². The van der Waals surface area contributed by atoms with Crippen LogP contribution in [0.5, 0.6) is 0 Å². The van der Waals surface area contributed by atoms with Crippen LogP contribution in [-0.4, -0.2) is 46.3 Å². The second-order valence-corrected chi connectivity index (χ2v) is 4.43. The Kier molecular flexibility index (Phi) is 3.70. The molecule has 0 radical (unpaired) electrons. The molecule has 1 amide bonds. The maximum atomic E-state index is 12.0. The normalized spacial score (nSPS) is 33.2. The molecule has 0 aromatic carbocycles. The van der Waals surface area contributed by atoms with Crippen molar-refractivity contribution in [1.82, 2.24) is 5.32 Å². The lowest BCUT2D eigenvalue weighted by atomic mass is 9.89. The fourth-order valence-corrected chi connectivity index (χ4v) is 1.69. The summed E-state index contributed by atoms with van der Waals surface area (Å²) in [7, 11) is 0. The standard InChI is InChI=1S/C9H14F3NO4/c1-8(2)6(15)4(3-5(14)17-8)13-7(16)9(10,11)12/h4-6,14-15H,3H2,1-2H3,(H,13,16)/t4-,5-,6+/m0/s1. The Hall–Kier alpha value is -0.860. The van der Waals surface area contributed by atoms with Crippen molar-refractivity contribution in [3.8, 4) is 0 Å². The van der Waals surface area contributed by atoms with E-state index >= 15 is 0 Å². The molecular formula is C9H14F3NO4. The van der Waals surface area contributed by atoms with Gasteiger partial charge in [0.2, 0.25) is 0 Å². The van der Waals surface area contributed by atoms with Crippen LogP contribution in [0.3, 0.4) is 0 Å². The molecular weight excluding hydrogens is 243 g/mol. The third-order valence-electron chi connectivity index (χ3n) is 2.56. The highest BCUT2D eigenvalue weighted by atomic mass is 19.4. The first-order valence-corrected chi connectivity index (χ1v) is 4.95. The van der Waals surface area contributed by atoms with E-state index in [0.29, 0.717) is 0 Å². The van der Waals surface area contributed by atoms with E-state index in [0.717, 1.165) is 0 Å². The lowest BCUT2D eigenvalue weighted by molar-refractivity contribution is -0.248. The molecule has 1 rings (SSSR count). The number of ether oxygens (including phenoxy) is 1. The molecule has 1 saturated heterocycles. The van der Waals surface area contributed by atoms with Gasteiger partial charge in [0.05, 0.1) is 11.6 Å². The molecule has 1 aliphatic rings. The zero-order valence-electron chi connectivity index (χ0n) is 9.28. The van der Waals surface area contributed by atoms with Crippen molar-refractivity contribution in [1.29, 1.82) is 0 Å². The number of carbonyl (C=O) groups excluding carboxylic acids is 1. The van der Waals surface area contributed by atoms with Gasteiger partial charge in [0.1, 0.15) is 6.10 Å². The molecule has 8 heteroatoms. The summed E-state index contributed by atoms with van der Waals surface area (Å²) in [6.07, 6.45) is -7.98. The van der Waals surface area contributed by atoms with Crippen molar-refractivity contribution in [3.05, 3.63) is 0 Å².